The number of carbonyl (C=O) groups excluding carboxylic acids is 2. The summed E-state index contributed by atoms with van der Waals surface area (Å²) in [5.41, 5.74) is 1.70. The molecule has 1 heterocycles. The Kier molecular flexibility index (Phi) is 11.5. The molecule has 1 fully saturated rings. The highest BCUT2D eigenvalue weighted by Gasteiger charge is 2.36. The lowest BCUT2D eigenvalue weighted by atomic mass is 9.94. The maximum absolute atomic E-state index is 14.8. The number of anilines is 1. The summed E-state index contributed by atoms with van der Waals surface area (Å²) in [4.78, 5) is 30.6. The van der Waals surface area contributed by atoms with Crippen molar-refractivity contribution in [2.45, 2.75) is 62.0 Å². The fourth-order valence-corrected chi connectivity index (χ4v) is 8.12. The molecule has 0 unspecified atom stereocenters. The highest BCUT2D eigenvalue weighted by molar-refractivity contribution is 7.92. The number of ether oxygens (including phenoxy) is 2. The molecule has 6 rings (SSSR count). The molecule has 2 aliphatic rings. The highest BCUT2D eigenvalue weighted by atomic mass is 35.5. The molecule has 4 aromatic rings. The van der Waals surface area contributed by atoms with E-state index in [9.17, 15) is 18.0 Å². The first kappa shape index (κ1) is 35.6. The van der Waals surface area contributed by atoms with Gasteiger partial charge in [0.15, 0.2) is 11.5 Å². The van der Waals surface area contributed by atoms with Crippen molar-refractivity contribution < 1.29 is 27.5 Å². The lowest BCUT2D eigenvalue weighted by Gasteiger charge is -2.35. The maximum Gasteiger partial charge on any atom is 0.264 e. The first-order valence-corrected chi connectivity index (χ1v) is 18.9. The zero-order valence-electron chi connectivity index (χ0n) is 27.5. The van der Waals surface area contributed by atoms with Crippen LogP contribution in [0.4, 0.5) is 5.69 Å². The minimum Gasteiger partial charge on any atom is -0.486 e. The van der Waals surface area contributed by atoms with Gasteiger partial charge in [0, 0.05) is 25.1 Å². The summed E-state index contributed by atoms with van der Waals surface area (Å²) in [5, 5.41) is 3.86. The topological polar surface area (TPSA) is 105 Å². The molecular formula is C38H39Cl2N3O6S. The van der Waals surface area contributed by atoms with Crippen molar-refractivity contribution in [3.05, 3.63) is 118 Å². The molecule has 0 radical (unpaired) electrons. The van der Waals surface area contributed by atoms with Crippen LogP contribution >= 0.6 is 23.2 Å². The number of amides is 2. The van der Waals surface area contributed by atoms with Crippen molar-refractivity contribution in [3.63, 3.8) is 0 Å². The fourth-order valence-electron chi connectivity index (χ4n) is 6.37. The second-order valence-corrected chi connectivity index (χ2v) is 15.1. The van der Waals surface area contributed by atoms with Gasteiger partial charge in [0.25, 0.3) is 10.0 Å². The zero-order valence-corrected chi connectivity index (χ0v) is 29.8. The van der Waals surface area contributed by atoms with E-state index in [1.807, 2.05) is 30.3 Å². The second-order valence-electron chi connectivity index (χ2n) is 12.5. The van der Waals surface area contributed by atoms with Gasteiger partial charge in [0.2, 0.25) is 11.8 Å². The van der Waals surface area contributed by atoms with E-state index in [1.165, 1.54) is 17.0 Å². The SMILES string of the molecule is O=C(NC1CCCCC1)[C@H](Cc1ccccc1)N(Cc1ccc(Cl)c(Cl)c1)C(=O)CN(c1ccc2c(c1)OCCO2)S(=O)(=O)c1ccccc1. The number of nitrogens with zero attached hydrogens (tertiary/aromatic N) is 2. The second kappa shape index (κ2) is 16.2. The predicted octanol–water partition coefficient (Wildman–Crippen LogP) is 7.05. The van der Waals surface area contributed by atoms with Crippen LogP contribution in [-0.2, 0) is 32.6 Å². The van der Waals surface area contributed by atoms with Gasteiger partial charge in [-0.25, -0.2) is 8.42 Å². The molecule has 1 atom stereocenters. The van der Waals surface area contributed by atoms with E-state index in [0.717, 1.165) is 42.0 Å². The molecule has 1 aliphatic heterocycles. The van der Waals surface area contributed by atoms with Crippen LogP contribution in [0.3, 0.4) is 0 Å². The van der Waals surface area contributed by atoms with Gasteiger partial charge < -0.3 is 19.7 Å². The van der Waals surface area contributed by atoms with Crippen LogP contribution in [0.5, 0.6) is 11.5 Å². The van der Waals surface area contributed by atoms with Crippen LogP contribution in [0, 0.1) is 0 Å². The Bertz CT molecular complexity index is 1910. The van der Waals surface area contributed by atoms with Gasteiger partial charge in [-0.05, 0) is 60.4 Å². The van der Waals surface area contributed by atoms with E-state index in [1.54, 1.807) is 54.6 Å². The van der Waals surface area contributed by atoms with Crippen LogP contribution in [-0.4, -0.2) is 57.0 Å². The van der Waals surface area contributed by atoms with E-state index < -0.39 is 28.5 Å². The van der Waals surface area contributed by atoms with E-state index in [-0.39, 0.29) is 35.5 Å². The quantitative estimate of drug-likeness (QED) is 0.167. The molecular weight excluding hydrogens is 697 g/mol. The average molecular weight is 737 g/mol. The van der Waals surface area contributed by atoms with Crippen LogP contribution in [0.15, 0.2) is 102 Å². The van der Waals surface area contributed by atoms with Crippen molar-refractivity contribution >= 4 is 50.7 Å². The Morgan fingerprint density at radius 3 is 2.16 bits per heavy atom. The van der Waals surface area contributed by atoms with E-state index in [4.69, 9.17) is 32.7 Å². The molecule has 1 aliphatic carbocycles. The lowest BCUT2D eigenvalue weighted by Crippen LogP contribution is -2.55. The number of rotatable bonds is 12. The number of fused-ring (bicyclic) bond motifs is 1. The van der Waals surface area contributed by atoms with Gasteiger partial charge in [-0.2, -0.15) is 0 Å². The van der Waals surface area contributed by atoms with Crippen molar-refractivity contribution in [1.29, 1.82) is 0 Å². The summed E-state index contributed by atoms with van der Waals surface area (Å²) >= 11 is 12.6. The summed E-state index contributed by atoms with van der Waals surface area (Å²) in [6, 6.07) is 26.2. The first-order chi connectivity index (χ1) is 24.2. The van der Waals surface area contributed by atoms with Crippen LogP contribution in [0.1, 0.15) is 43.2 Å². The molecule has 1 N–H and O–H groups in total. The number of halogens is 2. The predicted molar refractivity (Wildman–Crippen MR) is 194 cm³/mol. The summed E-state index contributed by atoms with van der Waals surface area (Å²) in [6.45, 7) is 0.0492. The average Bonchev–Trinajstić information content (AvgIpc) is 3.14. The van der Waals surface area contributed by atoms with Gasteiger partial charge in [0.1, 0.15) is 25.8 Å². The van der Waals surface area contributed by atoms with Gasteiger partial charge in [0.05, 0.1) is 20.6 Å². The Balaban J connectivity index is 1.41. The van der Waals surface area contributed by atoms with Crippen molar-refractivity contribution in [3.8, 4) is 11.5 Å². The van der Waals surface area contributed by atoms with E-state index in [2.05, 4.69) is 5.32 Å². The molecule has 0 spiro atoms. The molecule has 0 bridgehead atoms. The molecule has 262 valence electrons. The number of sulfonamides is 1. The number of hydrogen-bond acceptors (Lipinski definition) is 6. The minimum atomic E-state index is -4.27. The van der Waals surface area contributed by atoms with Crippen LogP contribution in [0.2, 0.25) is 10.0 Å². The fraction of sp³-hybridized carbons (Fsp3) is 0.316. The van der Waals surface area contributed by atoms with E-state index >= 15 is 0 Å². The molecule has 0 aromatic heterocycles. The van der Waals surface area contributed by atoms with Gasteiger partial charge in [-0.15, -0.1) is 0 Å². The van der Waals surface area contributed by atoms with Crippen LogP contribution in [0.25, 0.3) is 0 Å². The third kappa shape index (κ3) is 8.54. The summed E-state index contributed by atoms with van der Waals surface area (Å²) in [5.74, 6) is -0.0287. The number of hydrogen-bond donors (Lipinski definition) is 1. The van der Waals surface area contributed by atoms with Gasteiger partial charge >= 0.3 is 0 Å². The van der Waals surface area contributed by atoms with Crippen molar-refractivity contribution in [2.24, 2.45) is 0 Å². The number of carbonyl (C=O) groups is 2. The monoisotopic (exact) mass is 735 g/mol. The van der Waals surface area contributed by atoms with Crippen molar-refractivity contribution in [1.82, 2.24) is 10.2 Å². The summed E-state index contributed by atoms with van der Waals surface area (Å²) in [6.07, 6.45) is 5.08. The molecule has 50 heavy (non-hydrogen) atoms. The van der Waals surface area contributed by atoms with Gasteiger partial charge in [-0.1, -0.05) is 97.1 Å². The largest absolute Gasteiger partial charge is 0.486 e. The Labute approximate surface area is 303 Å². The molecule has 4 aromatic carbocycles. The van der Waals surface area contributed by atoms with Gasteiger partial charge in [-0.3, -0.25) is 13.9 Å². The standard InChI is InChI=1S/C38H39Cl2N3O6S/c39-32-18-16-28(22-33(32)40)25-42(34(23-27-10-4-1-5-11-27)38(45)41-29-12-6-2-7-13-29)37(44)26-43(50(46,47)31-14-8-3-9-15-31)30-17-19-35-36(24-30)49-21-20-48-35/h1,3-5,8-11,14-19,22,24,29,34H,2,6-7,12-13,20-21,23,25-26H2,(H,41,45)/t34-/m0/s1. The number of benzene rings is 4. The molecule has 0 saturated heterocycles. The third-order valence-electron chi connectivity index (χ3n) is 8.98. The minimum absolute atomic E-state index is 0.00889. The summed E-state index contributed by atoms with van der Waals surface area (Å²) < 4.78 is 41.2. The molecule has 2 amide bonds. The Morgan fingerprint density at radius 2 is 1.46 bits per heavy atom. The molecule has 1 saturated carbocycles. The highest BCUT2D eigenvalue weighted by Crippen LogP contribution is 2.36. The smallest absolute Gasteiger partial charge is 0.264 e. The summed E-state index contributed by atoms with van der Waals surface area (Å²) in [7, 11) is -4.27. The zero-order chi connectivity index (χ0) is 35.1. The van der Waals surface area contributed by atoms with Crippen LogP contribution < -0.4 is 19.1 Å². The number of nitrogens with one attached hydrogen (secondary N) is 1. The molecule has 12 heteroatoms. The lowest BCUT2D eigenvalue weighted by molar-refractivity contribution is -0.140. The molecule has 9 nitrogen and oxygen atoms in total. The van der Waals surface area contributed by atoms with E-state index in [0.29, 0.717) is 40.3 Å². The maximum atomic E-state index is 14.8. The van der Waals surface area contributed by atoms with Crippen molar-refractivity contribution in [2.75, 3.05) is 24.1 Å². The Morgan fingerprint density at radius 1 is 0.780 bits per heavy atom. The third-order valence-corrected chi connectivity index (χ3v) is 11.5. The normalized spacial score (nSPS) is 15.2. The first-order valence-electron chi connectivity index (χ1n) is 16.7. The Hall–Kier alpha value is -4.25.